The average molecular weight is 415 g/mol. The number of methoxy groups -OCH3 is 1. The minimum Gasteiger partial charge on any atom is -0.465 e. The monoisotopic (exact) mass is 414 g/mol. The van der Waals surface area contributed by atoms with Crippen LogP contribution in [0.3, 0.4) is 0 Å². The second-order valence-corrected chi connectivity index (χ2v) is 8.11. The molecule has 0 radical (unpaired) electrons. The van der Waals surface area contributed by atoms with E-state index in [1.807, 2.05) is 31.2 Å². The maximum Gasteiger partial charge on any atom is 0.341 e. The Morgan fingerprint density at radius 1 is 1.18 bits per heavy atom. The van der Waals surface area contributed by atoms with Crippen LogP contribution < -0.4 is 10.6 Å². The van der Waals surface area contributed by atoms with Gasteiger partial charge >= 0.3 is 5.97 Å². The molecule has 2 N–H and O–H groups in total. The Labute approximate surface area is 173 Å². The minimum absolute atomic E-state index is 0.155. The first-order valence-corrected chi connectivity index (χ1v) is 10.3. The summed E-state index contributed by atoms with van der Waals surface area (Å²) < 4.78 is 4.95. The molecule has 1 aromatic carbocycles. The lowest BCUT2D eigenvalue weighted by Crippen LogP contribution is -2.33. The Kier molecular flexibility index (Phi) is 6.59. The molecule has 28 heavy (non-hydrogen) atoms. The smallest absolute Gasteiger partial charge is 0.341 e. The van der Waals surface area contributed by atoms with Gasteiger partial charge in [0.25, 0.3) is 0 Å². The van der Waals surface area contributed by atoms with Crippen LogP contribution in [-0.2, 0) is 22.4 Å². The fourth-order valence-corrected chi connectivity index (χ4v) is 4.66. The van der Waals surface area contributed by atoms with Crippen LogP contribution in [0, 0.1) is 6.92 Å². The fourth-order valence-electron chi connectivity index (χ4n) is 3.11. The van der Waals surface area contributed by atoms with Gasteiger partial charge in [0.15, 0.2) is 5.11 Å². The third-order valence-electron chi connectivity index (χ3n) is 4.53. The third kappa shape index (κ3) is 4.85. The molecule has 0 aliphatic heterocycles. The van der Waals surface area contributed by atoms with Crippen molar-refractivity contribution < 1.29 is 14.3 Å². The Balaban J connectivity index is 1.67. The highest BCUT2D eigenvalue weighted by molar-refractivity contribution is 7.80. The lowest BCUT2D eigenvalue weighted by Gasteiger charge is -2.12. The summed E-state index contributed by atoms with van der Waals surface area (Å²) in [4.78, 5) is 25.6. The summed E-state index contributed by atoms with van der Waals surface area (Å²) in [5, 5.41) is 6.41. The van der Waals surface area contributed by atoms with Gasteiger partial charge in [0.1, 0.15) is 5.00 Å². The van der Waals surface area contributed by atoms with Crippen molar-refractivity contribution in [1.29, 1.82) is 0 Å². The first-order chi connectivity index (χ1) is 13.5. The largest absolute Gasteiger partial charge is 0.465 e. The second kappa shape index (κ2) is 9.12. The predicted molar refractivity (Wildman–Crippen MR) is 117 cm³/mol. The molecule has 1 aromatic heterocycles. The van der Waals surface area contributed by atoms with E-state index in [1.54, 1.807) is 6.08 Å². The molecule has 0 bridgehead atoms. The summed E-state index contributed by atoms with van der Waals surface area (Å²) in [5.74, 6) is -0.714. The van der Waals surface area contributed by atoms with E-state index in [0.717, 1.165) is 42.4 Å². The van der Waals surface area contributed by atoms with Gasteiger partial charge in [0.05, 0.1) is 12.7 Å². The molecule has 0 saturated heterocycles. The van der Waals surface area contributed by atoms with E-state index in [1.165, 1.54) is 29.4 Å². The molecule has 7 heteroatoms. The number of hydrogen-bond acceptors (Lipinski definition) is 5. The summed E-state index contributed by atoms with van der Waals surface area (Å²) in [6.07, 6.45) is 7.12. The van der Waals surface area contributed by atoms with Crippen molar-refractivity contribution in [2.24, 2.45) is 0 Å². The number of thiocarbonyl (C=S) groups is 1. The number of amides is 1. The molecule has 1 amide bonds. The van der Waals surface area contributed by atoms with E-state index in [-0.39, 0.29) is 17.0 Å². The van der Waals surface area contributed by atoms with E-state index >= 15 is 0 Å². The molecule has 0 fully saturated rings. The van der Waals surface area contributed by atoms with Crippen LogP contribution in [0.4, 0.5) is 5.00 Å². The van der Waals surface area contributed by atoms with Crippen molar-refractivity contribution in [2.75, 3.05) is 12.4 Å². The van der Waals surface area contributed by atoms with Crippen molar-refractivity contribution in [3.05, 3.63) is 57.5 Å². The number of anilines is 1. The molecule has 2 aromatic rings. The van der Waals surface area contributed by atoms with Crippen molar-refractivity contribution in [3.63, 3.8) is 0 Å². The zero-order valence-electron chi connectivity index (χ0n) is 15.8. The number of nitrogens with one attached hydrogen (secondary N) is 2. The number of aryl methyl sites for hydroxylation is 2. The Bertz CT molecular complexity index is 930. The molecular weight excluding hydrogens is 392 g/mol. The van der Waals surface area contributed by atoms with Gasteiger partial charge in [-0.15, -0.1) is 11.3 Å². The molecule has 3 rings (SSSR count). The normalized spacial score (nSPS) is 13.1. The van der Waals surface area contributed by atoms with Gasteiger partial charge < -0.3 is 10.1 Å². The Hall–Kier alpha value is -2.51. The number of rotatable bonds is 4. The summed E-state index contributed by atoms with van der Waals surface area (Å²) >= 11 is 6.76. The highest BCUT2D eigenvalue weighted by Crippen LogP contribution is 2.38. The van der Waals surface area contributed by atoms with Crippen LogP contribution in [-0.4, -0.2) is 24.1 Å². The third-order valence-corrected chi connectivity index (χ3v) is 5.94. The highest BCUT2D eigenvalue weighted by atomic mass is 32.1. The van der Waals surface area contributed by atoms with Gasteiger partial charge in [-0.25, -0.2) is 4.79 Å². The van der Waals surface area contributed by atoms with Crippen LogP contribution in [0.25, 0.3) is 6.08 Å². The molecule has 0 atom stereocenters. The number of fused-ring (bicyclic) bond motifs is 1. The zero-order valence-corrected chi connectivity index (χ0v) is 17.5. The Morgan fingerprint density at radius 3 is 2.61 bits per heavy atom. The number of esters is 1. The van der Waals surface area contributed by atoms with Crippen molar-refractivity contribution in [2.45, 2.75) is 32.6 Å². The van der Waals surface area contributed by atoms with E-state index in [2.05, 4.69) is 10.6 Å². The molecule has 0 spiro atoms. The SMILES string of the molecule is COC(=O)c1c(NC(=S)NC(=O)/C=C/c2ccc(C)cc2)sc2c1CCCC2. The van der Waals surface area contributed by atoms with Crippen LogP contribution in [0.1, 0.15) is 44.8 Å². The predicted octanol–water partition coefficient (Wildman–Crippen LogP) is 4.25. The van der Waals surface area contributed by atoms with E-state index in [9.17, 15) is 9.59 Å². The van der Waals surface area contributed by atoms with Crippen LogP contribution in [0.5, 0.6) is 0 Å². The molecule has 0 unspecified atom stereocenters. The van der Waals surface area contributed by atoms with Gasteiger partial charge in [0.2, 0.25) is 5.91 Å². The van der Waals surface area contributed by atoms with Gasteiger partial charge in [-0.3, -0.25) is 10.1 Å². The lowest BCUT2D eigenvalue weighted by atomic mass is 9.95. The number of thiophene rings is 1. The molecule has 1 heterocycles. The van der Waals surface area contributed by atoms with Gasteiger partial charge in [0, 0.05) is 11.0 Å². The topological polar surface area (TPSA) is 67.4 Å². The summed E-state index contributed by atoms with van der Waals surface area (Å²) in [6.45, 7) is 2.01. The van der Waals surface area contributed by atoms with E-state index in [0.29, 0.717) is 10.6 Å². The van der Waals surface area contributed by atoms with E-state index < -0.39 is 0 Å². The van der Waals surface area contributed by atoms with Crippen molar-refractivity contribution in [3.8, 4) is 0 Å². The number of hydrogen-bond donors (Lipinski definition) is 2. The molecule has 0 saturated carbocycles. The molecule has 146 valence electrons. The zero-order chi connectivity index (χ0) is 20.1. The molecule has 1 aliphatic carbocycles. The quantitative estimate of drug-likeness (QED) is 0.445. The first kappa shape index (κ1) is 20.2. The standard InChI is InChI=1S/C21H22N2O3S2/c1-13-7-9-14(10-8-13)11-12-17(24)22-21(27)23-19-18(20(25)26-2)15-5-3-4-6-16(15)28-19/h7-12H,3-6H2,1-2H3,(H2,22,23,24,27)/b12-11+. The number of benzene rings is 1. The summed E-state index contributed by atoms with van der Waals surface area (Å²) in [7, 11) is 1.37. The fraction of sp³-hybridized carbons (Fsp3) is 0.286. The number of carbonyl (C=O) groups excluding carboxylic acids is 2. The highest BCUT2D eigenvalue weighted by Gasteiger charge is 2.26. The Morgan fingerprint density at radius 2 is 1.89 bits per heavy atom. The van der Waals surface area contributed by atoms with Crippen LogP contribution >= 0.6 is 23.6 Å². The minimum atomic E-state index is -0.379. The number of ether oxygens (including phenoxy) is 1. The maximum atomic E-state index is 12.3. The average Bonchev–Trinajstić information content (AvgIpc) is 3.04. The van der Waals surface area contributed by atoms with E-state index in [4.69, 9.17) is 17.0 Å². The van der Waals surface area contributed by atoms with Crippen molar-refractivity contribution >= 4 is 51.6 Å². The van der Waals surface area contributed by atoms with Gasteiger partial charge in [-0.2, -0.15) is 0 Å². The second-order valence-electron chi connectivity index (χ2n) is 6.59. The van der Waals surface area contributed by atoms with Crippen molar-refractivity contribution in [1.82, 2.24) is 5.32 Å². The summed E-state index contributed by atoms with van der Waals surface area (Å²) in [6, 6.07) is 7.84. The number of carbonyl (C=O) groups is 2. The van der Waals surface area contributed by atoms with Crippen LogP contribution in [0.15, 0.2) is 30.3 Å². The molecular formula is C21H22N2O3S2. The summed E-state index contributed by atoms with van der Waals surface area (Å²) in [5.41, 5.74) is 3.67. The molecule has 5 nitrogen and oxygen atoms in total. The van der Waals surface area contributed by atoms with Gasteiger partial charge in [-0.1, -0.05) is 29.8 Å². The first-order valence-electron chi connectivity index (χ1n) is 9.07. The maximum absolute atomic E-state index is 12.3. The van der Waals surface area contributed by atoms with Gasteiger partial charge in [-0.05, 0) is 62.0 Å². The van der Waals surface area contributed by atoms with Crippen LogP contribution in [0.2, 0.25) is 0 Å². The molecule has 1 aliphatic rings. The lowest BCUT2D eigenvalue weighted by molar-refractivity contribution is -0.115.